The van der Waals surface area contributed by atoms with Crippen LogP contribution in [0, 0.1) is 0 Å². The van der Waals surface area contributed by atoms with Crippen molar-refractivity contribution in [2.24, 2.45) is 0 Å². The average molecular weight is 300 g/mol. The van der Waals surface area contributed by atoms with Crippen molar-refractivity contribution in [1.29, 1.82) is 0 Å². The number of halogens is 1. The van der Waals surface area contributed by atoms with Crippen LogP contribution in [-0.4, -0.2) is 19.5 Å². The third-order valence-electron chi connectivity index (χ3n) is 3.25. The number of nitrogen functional groups attached to an aromatic ring is 1. The third kappa shape index (κ3) is 3.96. The van der Waals surface area contributed by atoms with Crippen LogP contribution in [0.15, 0.2) is 11.1 Å². The molecule has 2 rings (SSSR count). The molecule has 3 N–H and O–H groups in total. The fraction of sp³-hybridized carbons (Fsp3) is 0.615. The minimum atomic E-state index is -0.274. The minimum Gasteiger partial charge on any atom is -0.369 e. The number of hydrogen-bond donors (Lipinski definition) is 2. The minimum absolute atomic E-state index is 0. The number of nitrogens with one attached hydrogen (secondary N) is 1. The number of nitrogens with zero attached hydrogens (tertiary/aromatic N) is 3. The number of anilines is 1. The number of imidazole rings is 1. The van der Waals surface area contributed by atoms with E-state index in [0.717, 1.165) is 13.0 Å². The number of aromatic nitrogens is 4. The number of H-pyrrole nitrogens is 1. The van der Waals surface area contributed by atoms with Gasteiger partial charge in [0.2, 0.25) is 5.95 Å². The predicted octanol–water partition coefficient (Wildman–Crippen LogP) is 2.48. The summed E-state index contributed by atoms with van der Waals surface area (Å²) in [6, 6.07) is 0. The molecule has 0 aliphatic rings. The van der Waals surface area contributed by atoms with E-state index in [-0.39, 0.29) is 23.9 Å². The number of unbranched alkanes of at least 4 members (excludes halogenated alkanes) is 5. The summed E-state index contributed by atoms with van der Waals surface area (Å²) in [4.78, 5) is 22.3. The zero-order valence-electron chi connectivity index (χ0n) is 11.8. The molecule has 0 atom stereocenters. The Morgan fingerprint density at radius 3 is 2.70 bits per heavy atom. The molecule has 2 heterocycles. The highest BCUT2D eigenvalue weighted by Crippen LogP contribution is 2.10. The molecular weight excluding hydrogens is 278 g/mol. The van der Waals surface area contributed by atoms with Crippen molar-refractivity contribution in [3.8, 4) is 0 Å². The van der Waals surface area contributed by atoms with Gasteiger partial charge in [-0.05, 0) is 6.42 Å². The Balaban J connectivity index is 0.00000200. The van der Waals surface area contributed by atoms with Gasteiger partial charge >= 0.3 is 0 Å². The topological polar surface area (TPSA) is 89.6 Å². The quantitative estimate of drug-likeness (QED) is 0.769. The SMILES string of the molecule is CCCCCCCCn1cnc2c(=O)[nH]c(N)nc21.Cl. The fourth-order valence-electron chi connectivity index (χ4n) is 2.20. The standard InChI is InChI=1S/C13H21N5O.ClH/c1-2-3-4-5-6-7-8-18-9-15-10-11(18)16-13(14)17-12(10)19;/h9H,2-8H2,1H3,(H3,14,16,17,19);1H. The first-order chi connectivity index (χ1) is 9.22. The highest BCUT2D eigenvalue weighted by Gasteiger charge is 2.08. The summed E-state index contributed by atoms with van der Waals surface area (Å²) in [7, 11) is 0. The van der Waals surface area contributed by atoms with Crippen LogP contribution in [0.4, 0.5) is 5.95 Å². The maximum absolute atomic E-state index is 11.6. The zero-order valence-corrected chi connectivity index (χ0v) is 12.6. The lowest BCUT2D eigenvalue weighted by atomic mass is 10.1. The van der Waals surface area contributed by atoms with E-state index in [4.69, 9.17) is 5.73 Å². The van der Waals surface area contributed by atoms with Crippen molar-refractivity contribution in [2.75, 3.05) is 5.73 Å². The Labute approximate surface area is 124 Å². The molecular formula is C13H22ClN5O. The monoisotopic (exact) mass is 299 g/mol. The van der Waals surface area contributed by atoms with Crippen molar-refractivity contribution < 1.29 is 0 Å². The zero-order chi connectivity index (χ0) is 13.7. The van der Waals surface area contributed by atoms with E-state index in [2.05, 4.69) is 21.9 Å². The maximum atomic E-state index is 11.6. The van der Waals surface area contributed by atoms with Crippen molar-refractivity contribution in [3.63, 3.8) is 0 Å². The van der Waals surface area contributed by atoms with Gasteiger partial charge in [0.25, 0.3) is 5.56 Å². The fourth-order valence-corrected chi connectivity index (χ4v) is 2.20. The van der Waals surface area contributed by atoms with Gasteiger partial charge in [-0.1, -0.05) is 39.0 Å². The van der Waals surface area contributed by atoms with Gasteiger partial charge in [0.1, 0.15) is 0 Å². The van der Waals surface area contributed by atoms with Crippen molar-refractivity contribution in [2.45, 2.75) is 52.0 Å². The van der Waals surface area contributed by atoms with E-state index >= 15 is 0 Å². The van der Waals surface area contributed by atoms with Gasteiger partial charge in [0, 0.05) is 6.54 Å². The molecule has 0 bridgehead atoms. The Kier molecular flexibility index (Phi) is 6.51. The van der Waals surface area contributed by atoms with Gasteiger partial charge in [0.05, 0.1) is 6.33 Å². The summed E-state index contributed by atoms with van der Waals surface area (Å²) >= 11 is 0. The number of aromatic amines is 1. The van der Waals surface area contributed by atoms with Crippen LogP contribution >= 0.6 is 12.4 Å². The molecule has 0 radical (unpaired) electrons. The van der Waals surface area contributed by atoms with Gasteiger partial charge in [-0.2, -0.15) is 4.98 Å². The van der Waals surface area contributed by atoms with E-state index < -0.39 is 0 Å². The van der Waals surface area contributed by atoms with E-state index in [9.17, 15) is 4.79 Å². The van der Waals surface area contributed by atoms with Gasteiger partial charge in [0.15, 0.2) is 11.2 Å². The van der Waals surface area contributed by atoms with Crippen molar-refractivity contribution >= 4 is 29.5 Å². The molecule has 0 aliphatic heterocycles. The van der Waals surface area contributed by atoms with E-state index in [0.29, 0.717) is 11.2 Å². The number of fused-ring (bicyclic) bond motifs is 1. The number of aryl methyl sites for hydroxylation is 1. The van der Waals surface area contributed by atoms with Gasteiger partial charge in [-0.15, -0.1) is 12.4 Å². The Hall–Kier alpha value is -1.56. The molecule has 6 nitrogen and oxygen atoms in total. The summed E-state index contributed by atoms with van der Waals surface area (Å²) in [6.07, 6.45) is 9.06. The maximum Gasteiger partial charge on any atom is 0.280 e. The lowest BCUT2D eigenvalue weighted by Gasteiger charge is -2.04. The van der Waals surface area contributed by atoms with Gasteiger partial charge < -0.3 is 10.3 Å². The molecule has 7 heteroatoms. The summed E-state index contributed by atoms with van der Waals surface area (Å²) < 4.78 is 1.90. The summed E-state index contributed by atoms with van der Waals surface area (Å²) in [6.45, 7) is 3.05. The van der Waals surface area contributed by atoms with Crippen LogP contribution in [0.2, 0.25) is 0 Å². The first kappa shape index (κ1) is 16.5. The molecule has 0 fully saturated rings. The molecule has 0 aromatic carbocycles. The molecule has 112 valence electrons. The number of rotatable bonds is 7. The lowest BCUT2D eigenvalue weighted by molar-refractivity contribution is 0.562. The van der Waals surface area contributed by atoms with Crippen LogP contribution in [0.1, 0.15) is 45.4 Å². The summed E-state index contributed by atoms with van der Waals surface area (Å²) in [5.41, 5.74) is 6.22. The normalized spacial score (nSPS) is 10.7. The molecule has 0 spiro atoms. The molecule has 0 unspecified atom stereocenters. The molecule has 0 saturated carbocycles. The first-order valence-corrected chi connectivity index (χ1v) is 6.93. The Morgan fingerprint density at radius 1 is 1.25 bits per heavy atom. The number of hydrogen-bond acceptors (Lipinski definition) is 4. The molecule has 2 aromatic rings. The third-order valence-corrected chi connectivity index (χ3v) is 3.25. The smallest absolute Gasteiger partial charge is 0.280 e. The largest absolute Gasteiger partial charge is 0.369 e. The molecule has 20 heavy (non-hydrogen) atoms. The molecule has 0 amide bonds. The molecule has 0 saturated heterocycles. The second-order valence-corrected chi connectivity index (χ2v) is 4.83. The second kappa shape index (κ2) is 7.89. The second-order valence-electron chi connectivity index (χ2n) is 4.83. The van der Waals surface area contributed by atoms with Gasteiger partial charge in [-0.25, -0.2) is 4.98 Å². The summed E-state index contributed by atoms with van der Waals surface area (Å²) in [5.74, 6) is 0.141. The van der Waals surface area contributed by atoms with E-state index in [1.54, 1.807) is 6.33 Å². The van der Waals surface area contributed by atoms with Crippen LogP contribution in [0.3, 0.4) is 0 Å². The molecule has 0 aliphatic carbocycles. The summed E-state index contributed by atoms with van der Waals surface area (Å²) in [5, 5.41) is 0. The van der Waals surface area contributed by atoms with Crippen LogP contribution in [0.25, 0.3) is 11.2 Å². The Bertz CT molecular complexity index is 592. The van der Waals surface area contributed by atoms with E-state index in [1.807, 2.05) is 4.57 Å². The lowest BCUT2D eigenvalue weighted by Crippen LogP contribution is -2.12. The molecule has 2 aromatic heterocycles. The van der Waals surface area contributed by atoms with Crippen molar-refractivity contribution in [1.82, 2.24) is 19.5 Å². The predicted molar refractivity (Wildman–Crippen MR) is 83.2 cm³/mol. The van der Waals surface area contributed by atoms with Crippen LogP contribution < -0.4 is 11.3 Å². The van der Waals surface area contributed by atoms with Gasteiger partial charge in [-0.3, -0.25) is 9.78 Å². The van der Waals surface area contributed by atoms with Crippen LogP contribution in [0.5, 0.6) is 0 Å². The number of nitrogens with two attached hydrogens (primary N) is 1. The average Bonchev–Trinajstić information content (AvgIpc) is 2.77. The Morgan fingerprint density at radius 2 is 1.95 bits per heavy atom. The van der Waals surface area contributed by atoms with Crippen LogP contribution in [-0.2, 0) is 6.54 Å². The van der Waals surface area contributed by atoms with E-state index in [1.165, 1.54) is 32.1 Å². The first-order valence-electron chi connectivity index (χ1n) is 6.93. The van der Waals surface area contributed by atoms with Crippen molar-refractivity contribution in [3.05, 3.63) is 16.7 Å². The highest BCUT2D eigenvalue weighted by atomic mass is 35.5. The highest BCUT2D eigenvalue weighted by molar-refractivity contribution is 5.85.